The zero-order valence-corrected chi connectivity index (χ0v) is 15.2. The lowest BCUT2D eigenvalue weighted by atomic mass is 9.97. The van der Waals surface area contributed by atoms with Gasteiger partial charge in [-0.3, -0.25) is 9.69 Å². The molecule has 2 fully saturated rings. The summed E-state index contributed by atoms with van der Waals surface area (Å²) in [5.41, 5.74) is 0.948. The van der Waals surface area contributed by atoms with E-state index in [2.05, 4.69) is 20.3 Å². The highest BCUT2D eigenvalue weighted by atomic mass is 19.4. The Balaban J connectivity index is 1.44. The second-order valence-corrected chi connectivity index (χ2v) is 7.33. The average Bonchev–Trinajstić information content (AvgIpc) is 3.15. The van der Waals surface area contributed by atoms with Crippen molar-refractivity contribution in [3.05, 3.63) is 29.8 Å². The summed E-state index contributed by atoms with van der Waals surface area (Å²) in [5, 5.41) is 6.26. The third-order valence-corrected chi connectivity index (χ3v) is 5.11. The number of halogens is 3. The first-order chi connectivity index (χ1) is 12.9. The van der Waals surface area contributed by atoms with Crippen LogP contribution in [0.25, 0.3) is 0 Å². The fraction of sp³-hybridized carbons (Fsp3) is 0.632. The Labute approximate surface area is 157 Å². The van der Waals surface area contributed by atoms with Gasteiger partial charge >= 0.3 is 6.36 Å². The molecule has 2 aliphatic heterocycles. The number of carbonyl (C=O) groups excluding carboxylic acids is 1. The first kappa shape index (κ1) is 19.9. The molecule has 1 aromatic rings. The van der Waals surface area contributed by atoms with Crippen LogP contribution >= 0.6 is 0 Å². The molecule has 2 atom stereocenters. The lowest BCUT2D eigenvalue weighted by molar-refractivity contribution is -0.274. The van der Waals surface area contributed by atoms with Gasteiger partial charge in [0.15, 0.2) is 0 Å². The van der Waals surface area contributed by atoms with Gasteiger partial charge in [-0.1, -0.05) is 12.1 Å². The molecule has 2 unspecified atom stereocenters. The smallest absolute Gasteiger partial charge is 0.406 e. The number of hydrogen-bond donors (Lipinski definition) is 2. The van der Waals surface area contributed by atoms with E-state index in [1.165, 1.54) is 12.1 Å². The molecule has 2 N–H and O–H groups in total. The van der Waals surface area contributed by atoms with Crippen molar-refractivity contribution in [1.82, 2.24) is 15.5 Å². The number of nitrogens with zero attached hydrogens (tertiary/aromatic N) is 1. The van der Waals surface area contributed by atoms with E-state index >= 15 is 0 Å². The topological polar surface area (TPSA) is 53.6 Å². The van der Waals surface area contributed by atoms with Crippen LogP contribution < -0.4 is 15.4 Å². The van der Waals surface area contributed by atoms with Crippen molar-refractivity contribution in [2.75, 3.05) is 26.2 Å². The first-order valence-electron chi connectivity index (χ1n) is 9.47. The van der Waals surface area contributed by atoms with Gasteiger partial charge in [0.05, 0.1) is 6.04 Å². The molecule has 0 aliphatic carbocycles. The minimum atomic E-state index is -4.67. The standard InChI is InChI=1S/C19H26F3N3O2/c20-19(21,22)27-16-7-5-14(6-8-16)12-25-10-2-3-15(13-25)11-24-18(26)17-4-1-9-23-17/h5-8,15,17,23H,1-4,9-13H2,(H,24,26). The van der Waals surface area contributed by atoms with Crippen molar-refractivity contribution in [2.24, 2.45) is 5.92 Å². The number of rotatable bonds is 6. The highest BCUT2D eigenvalue weighted by Crippen LogP contribution is 2.24. The first-order valence-corrected chi connectivity index (χ1v) is 9.47. The Kier molecular flexibility index (Phi) is 6.59. The normalized spacial score (nSPS) is 24.0. The summed E-state index contributed by atoms with van der Waals surface area (Å²) in [6, 6.07) is 5.97. The summed E-state index contributed by atoms with van der Waals surface area (Å²) in [5.74, 6) is 0.285. The average molecular weight is 385 g/mol. The number of piperidine rings is 1. The number of carbonyl (C=O) groups is 1. The van der Waals surface area contributed by atoms with Crippen LogP contribution in [0.15, 0.2) is 24.3 Å². The highest BCUT2D eigenvalue weighted by molar-refractivity contribution is 5.81. The molecule has 1 aromatic carbocycles. The maximum Gasteiger partial charge on any atom is 0.573 e. The SMILES string of the molecule is O=C(NCC1CCCN(Cc2ccc(OC(F)(F)F)cc2)C1)C1CCCN1. The van der Waals surface area contributed by atoms with Crippen molar-refractivity contribution in [3.63, 3.8) is 0 Å². The van der Waals surface area contributed by atoms with Gasteiger partial charge in [-0.15, -0.1) is 13.2 Å². The van der Waals surface area contributed by atoms with Gasteiger partial charge in [0, 0.05) is 19.6 Å². The van der Waals surface area contributed by atoms with Gasteiger partial charge in [0.2, 0.25) is 5.91 Å². The van der Waals surface area contributed by atoms with E-state index in [1.807, 2.05) is 0 Å². The molecule has 0 bridgehead atoms. The van der Waals surface area contributed by atoms with Crippen LogP contribution in [0.5, 0.6) is 5.75 Å². The predicted molar refractivity (Wildman–Crippen MR) is 95.2 cm³/mol. The van der Waals surface area contributed by atoms with Crippen LogP contribution in [0.4, 0.5) is 13.2 Å². The lowest BCUT2D eigenvalue weighted by Gasteiger charge is -2.33. The fourth-order valence-corrected chi connectivity index (χ4v) is 3.79. The van der Waals surface area contributed by atoms with E-state index in [0.717, 1.165) is 50.9 Å². The number of hydrogen-bond acceptors (Lipinski definition) is 4. The summed E-state index contributed by atoms with van der Waals surface area (Å²) >= 11 is 0. The van der Waals surface area contributed by atoms with Crippen LogP contribution in [0.2, 0.25) is 0 Å². The Morgan fingerprint density at radius 3 is 2.67 bits per heavy atom. The predicted octanol–water partition coefficient (Wildman–Crippen LogP) is 2.67. The summed E-state index contributed by atoms with van der Waals surface area (Å²) in [7, 11) is 0. The number of amides is 1. The van der Waals surface area contributed by atoms with E-state index < -0.39 is 6.36 Å². The summed E-state index contributed by atoms with van der Waals surface area (Å²) in [6.07, 6.45) is -0.594. The molecule has 27 heavy (non-hydrogen) atoms. The minimum absolute atomic E-state index is 0.0536. The molecule has 8 heteroatoms. The summed E-state index contributed by atoms with van der Waals surface area (Å²) < 4.78 is 40.6. The van der Waals surface area contributed by atoms with Gasteiger partial charge in [0.1, 0.15) is 5.75 Å². The number of benzene rings is 1. The number of likely N-dealkylation sites (tertiary alicyclic amines) is 1. The lowest BCUT2D eigenvalue weighted by Crippen LogP contribution is -2.45. The van der Waals surface area contributed by atoms with Crippen molar-refractivity contribution in [1.29, 1.82) is 0 Å². The molecule has 3 rings (SSSR count). The van der Waals surface area contributed by atoms with Crippen LogP contribution in [-0.4, -0.2) is 49.4 Å². The molecule has 0 radical (unpaired) electrons. The second kappa shape index (κ2) is 8.93. The van der Waals surface area contributed by atoms with Crippen LogP contribution in [0.3, 0.4) is 0 Å². The Hall–Kier alpha value is -1.80. The maximum absolute atomic E-state index is 12.2. The minimum Gasteiger partial charge on any atom is -0.406 e. The van der Waals surface area contributed by atoms with Crippen LogP contribution in [0.1, 0.15) is 31.2 Å². The quantitative estimate of drug-likeness (QED) is 0.791. The fourth-order valence-electron chi connectivity index (χ4n) is 3.79. The number of nitrogens with one attached hydrogen (secondary N) is 2. The zero-order valence-electron chi connectivity index (χ0n) is 15.2. The van der Waals surface area contributed by atoms with E-state index in [9.17, 15) is 18.0 Å². The van der Waals surface area contributed by atoms with Gasteiger partial charge in [-0.25, -0.2) is 0 Å². The van der Waals surface area contributed by atoms with Gasteiger partial charge in [0.25, 0.3) is 0 Å². The molecule has 2 saturated heterocycles. The molecule has 0 saturated carbocycles. The van der Waals surface area contributed by atoms with Gasteiger partial charge < -0.3 is 15.4 Å². The maximum atomic E-state index is 12.2. The zero-order chi connectivity index (χ0) is 19.3. The molecule has 5 nitrogen and oxygen atoms in total. The van der Waals surface area contributed by atoms with Crippen molar-refractivity contribution in [3.8, 4) is 5.75 Å². The Morgan fingerprint density at radius 1 is 1.22 bits per heavy atom. The number of alkyl halides is 3. The monoisotopic (exact) mass is 385 g/mol. The van der Waals surface area contributed by atoms with Gasteiger partial charge in [-0.2, -0.15) is 0 Å². The number of ether oxygens (including phenoxy) is 1. The molecular weight excluding hydrogens is 359 g/mol. The highest BCUT2D eigenvalue weighted by Gasteiger charge is 2.31. The molecule has 150 valence electrons. The third-order valence-electron chi connectivity index (χ3n) is 5.11. The Morgan fingerprint density at radius 2 is 2.00 bits per heavy atom. The summed E-state index contributed by atoms with van der Waals surface area (Å²) in [6.45, 7) is 4.09. The molecule has 1 amide bonds. The van der Waals surface area contributed by atoms with Crippen LogP contribution in [-0.2, 0) is 11.3 Å². The summed E-state index contributed by atoms with van der Waals surface area (Å²) in [4.78, 5) is 14.4. The second-order valence-electron chi connectivity index (χ2n) is 7.33. The molecule has 0 aromatic heterocycles. The molecule has 2 aliphatic rings. The van der Waals surface area contributed by atoms with Crippen LogP contribution in [0, 0.1) is 5.92 Å². The van der Waals surface area contributed by atoms with E-state index in [4.69, 9.17) is 0 Å². The van der Waals surface area contributed by atoms with Crippen molar-refractivity contribution in [2.45, 2.75) is 44.6 Å². The van der Waals surface area contributed by atoms with Crippen molar-refractivity contribution < 1.29 is 22.7 Å². The molecule has 0 spiro atoms. The van der Waals surface area contributed by atoms with Crippen molar-refractivity contribution >= 4 is 5.91 Å². The third kappa shape index (κ3) is 6.39. The van der Waals surface area contributed by atoms with E-state index in [-0.39, 0.29) is 17.7 Å². The van der Waals surface area contributed by atoms with Gasteiger partial charge in [-0.05, 0) is 62.4 Å². The largest absolute Gasteiger partial charge is 0.573 e. The molecular formula is C19H26F3N3O2. The molecule has 2 heterocycles. The van der Waals surface area contributed by atoms with E-state index in [0.29, 0.717) is 19.0 Å². The van der Waals surface area contributed by atoms with E-state index in [1.54, 1.807) is 12.1 Å². The Bertz CT molecular complexity index is 616.